The van der Waals surface area contributed by atoms with Crippen molar-refractivity contribution in [3.63, 3.8) is 0 Å². The van der Waals surface area contributed by atoms with E-state index in [0.717, 1.165) is 6.07 Å². The van der Waals surface area contributed by atoms with Gasteiger partial charge in [-0.25, -0.2) is 12.8 Å². The topological polar surface area (TPSA) is 166 Å². The standard InChI is InChI=1S/C27H30FN7O6S/c1-16(2)24-20-8-6-9-21(28)25(20)34(31-24)27-30-26(41-32-27)18-14-19(15-18)33(13-7-12-29-17(3)36)42(39,40)23-11-5-4-10-22(23)35(37)38/h4-6,8-11,16,18-19H,7,12-15H2,1-3H3,(H,29,36)/t18-,19+. The molecule has 1 aliphatic carbocycles. The number of nitro benzene ring substituents is 1. The number of carbonyl (C=O) groups is 1. The lowest BCUT2D eigenvalue weighted by atomic mass is 9.80. The molecule has 15 heteroatoms. The lowest BCUT2D eigenvalue weighted by Crippen LogP contribution is -2.48. The van der Waals surface area contributed by atoms with E-state index in [0.29, 0.717) is 30.3 Å². The summed E-state index contributed by atoms with van der Waals surface area (Å²) in [6.45, 7) is 5.55. The third-order valence-corrected chi connectivity index (χ3v) is 9.30. The zero-order valence-corrected chi connectivity index (χ0v) is 24.0. The average Bonchev–Trinajstić information content (AvgIpc) is 3.55. The van der Waals surface area contributed by atoms with Gasteiger partial charge in [0.2, 0.25) is 21.8 Å². The summed E-state index contributed by atoms with van der Waals surface area (Å²) >= 11 is 0. The third kappa shape index (κ3) is 5.48. The summed E-state index contributed by atoms with van der Waals surface area (Å²) in [5, 5.41) is 23.5. The van der Waals surface area contributed by atoms with Crippen molar-refractivity contribution in [2.24, 2.45) is 0 Å². The van der Waals surface area contributed by atoms with Gasteiger partial charge in [0.25, 0.3) is 11.6 Å². The Morgan fingerprint density at radius 3 is 2.67 bits per heavy atom. The van der Waals surface area contributed by atoms with Crippen LogP contribution in [0.15, 0.2) is 51.9 Å². The monoisotopic (exact) mass is 599 g/mol. The molecule has 2 aromatic heterocycles. The minimum atomic E-state index is -4.26. The zero-order valence-electron chi connectivity index (χ0n) is 23.2. The molecule has 0 radical (unpaired) electrons. The molecule has 2 aromatic carbocycles. The first-order valence-corrected chi connectivity index (χ1v) is 14.9. The second-order valence-electron chi connectivity index (χ2n) is 10.5. The second-order valence-corrected chi connectivity index (χ2v) is 12.4. The van der Waals surface area contributed by atoms with Crippen LogP contribution in [-0.4, -0.2) is 62.6 Å². The van der Waals surface area contributed by atoms with Gasteiger partial charge in [-0.1, -0.05) is 38.1 Å². The molecule has 0 saturated heterocycles. The molecule has 2 heterocycles. The van der Waals surface area contributed by atoms with Crippen molar-refractivity contribution in [2.75, 3.05) is 13.1 Å². The summed E-state index contributed by atoms with van der Waals surface area (Å²) in [4.78, 5) is 26.2. The summed E-state index contributed by atoms with van der Waals surface area (Å²) in [7, 11) is -4.26. The fraction of sp³-hybridized carbons (Fsp3) is 0.407. The highest BCUT2D eigenvalue weighted by Gasteiger charge is 2.44. The third-order valence-electron chi connectivity index (χ3n) is 7.30. The smallest absolute Gasteiger partial charge is 0.291 e. The molecule has 1 aliphatic rings. The molecule has 222 valence electrons. The van der Waals surface area contributed by atoms with Crippen LogP contribution in [0.3, 0.4) is 0 Å². The minimum absolute atomic E-state index is 0.0216. The number of nitrogens with zero attached hydrogens (tertiary/aromatic N) is 6. The van der Waals surface area contributed by atoms with Gasteiger partial charge in [0.1, 0.15) is 11.3 Å². The number of nitro groups is 1. The van der Waals surface area contributed by atoms with Crippen LogP contribution < -0.4 is 5.32 Å². The van der Waals surface area contributed by atoms with Crippen molar-refractivity contribution in [2.45, 2.75) is 62.8 Å². The number of para-hydroxylation sites is 2. The first-order chi connectivity index (χ1) is 20.0. The van der Waals surface area contributed by atoms with E-state index in [1.807, 2.05) is 13.8 Å². The number of hydrogen-bond acceptors (Lipinski definition) is 9. The quantitative estimate of drug-likeness (QED) is 0.152. The Labute approximate surface area is 240 Å². The van der Waals surface area contributed by atoms with E-state index in [1.165, 1.54) is 40.2 Å². The molecule has 42 heavy (non-hydrogen) atoms. The minimum Gasteiger partial charge on any atom is -0.356 e. The van der Waals surface area contributed by atoms with Gasteiger partial charge in [-0.05, 0) is 42.5 Å². The van der Waals surface area contributed by atoms with Crippen LogP contribution in [0.2, 0.25) is 0 Å². The lowest BCUT2D eigenvalue weighted by Gasteiger charge is -2.40. The van der Waals surface area contributed by atoms with Gasteiger partial charge in [0.15, 0.2) is 4.90 Å². The Hall–Kier alpha value is -4.24. The Bertz CT molecular complexity index is 1750. The fourth-order valence-electron chi connectivity index (χ4n) is 5.17. The van der Waals surface area contributed by atoms with Crippen LogP contribution in [0.1, 0.15) is 63.5 Å². The molecule has 1 N–H and O–H groups in total. The molecule has 4 aromatic rings. The predicted molar refractivity (Wildman–Crippen MR) is 149 cm³/mol. The van der Waals surface area contributed by atoms with E-state index in [4.69, 9.17) is 4.52 Å². The van der Waals surface area contributed by atoms with E-state index < -0.39 is 37.4 Å². The summed E-state index contributed by atoms with van der Waals surface area (Å²) < 4.78 is 50.3. The Balaban J connectivity index is 1.39. The van der Waals surface area contributed by atoms with Gasteiger partial charge in [0, 0.05) is 43.4 Å². The summed E-state index contributed by atoms with van der Waals surface area (Å²) in [6.07, 6.45) is 0.960. The molecular formula is C27H30FN7O6S. The molecule has 5 rings (SSSR count). The van der Waals surface area contributed by atoms with Crippen LogP contribution >= 0.6 is 0 Å². The number of hydrogen-bond donors (Lipinski definition) is 1. The summed E-state index contributed by atoms with van der Waals surface area (Å²) in [5.74, 6) is -0.662. The lowest BCUT2D eigenvalue weighted by molar-refractivity contribution is -0.387. The number of benzene rings is 2. The van der Waals surface area contributed by atoms with E-state index >= 15 is 0 Å². The molecule has 13 nitrogen and oxygen atoms in total. The SMILES string of the molecule is CC(=O)NCCCN([C@H]1C[C@@H](c2nc(-n3nc(C(C)C)c4cccc(F)c43)no2)C1)S(=O)(=O)c1ccccc1[N+](=O)[O-]. The molecule has 1 fully saturated rings. The average molecular weight is 600 g/mol. The highest BCUT2D eigenvalue weighted by atomic mass is 32.2. The predicted octanol–water partition coefficient (Wildman–Crippen LogP) is 4.04. The van der Waals surface area contributed by atoms with Crippen molar-refractivity contribution in [3.05, 3.63) is 70.0 Å². The Morgan fingerprint density at radius 1 is 1.24 bits per heavy atom. The molecule has 1 saturated carbocycles. The Morgan fingerprint density at radius 2 is 1.98 bits per heavy atom. The van der Waals surface area contributed by atoms with Gasteiger partial charge in [-0.3, -0.25) is 14.9 Å². The van der Waals surface area contributed by atoms with Crippen molar-refractivity contribution >= 4 is 32.5 Å². The van der Waals surface area contributed by atoms with Crippen molar-refractivity contribution in [1.82, 2.24) is 29.5 Å². The molecular weight excluding hydrogens is 569 g/mol. The maximum atomic E-state index is 14.8. The van der Waals surface area contributed by atoms with Gasteiger partial charge >= 0.3 is 0 Å². The number of nitrogens with one attached hydrogen (secondary N) is 1. The number of carbonyl (C=O) groups excluding carboxylic acids is 1. The number of amides is 1. The number of aromatic nitrogens is 4. The van der Waals surface area contributed by atoms with E-state index in [1.54, 1.807) is 12.1 Å². The Kier molecular flexibility index (Phi) is 8.06. The number of fused-ring (bicyclic) bond motifs is 1. The normalized spacial score (nSPS) is 17.1. The maximum absolute atomic E-state index is 14.8. The molecule has 1 amide bonds. The zero-order chi connectivity index (χ0) is 30.2. The van der Waals surface area contributed by atoms with Crippen LogP contribution in [0, 0.1) is 15.9 Å². The van der Waals surface area contributed by atoms with Gasteiger partial charge < -0.3 is 9.84 Å². The molecule has 0 unspecified atom stereocenters. The van der Waals surface area contributed by atoms with Crippen molar-refractivity contribution in [3.8, 4) is 5.95 Å². The number of sulfonamides is 1. The fourth-order valence-corrected chi connectivity index (χ4v) is 7.02. The largest absolute Gasteiger partial charge is 0.356 e. The van der Waals surface area contributed by atoms with E-state index in [9.17, 15) is 27.7 Å². The molecule has 0 atom stereocenters. The van der Waals surface area contributed by atoms with Crippen molar-refractivity contribution in [1.29, 1.82) is 0 Å². The molecule has 0 aliphatic heterocycles. The molecule has 0 bridgehead atoms. The van der Waals surface area contributed by atoms with Crippen LogP contribution in [-0.2, 0) is 14.8 Å². The maximum Gasteiger partial charge on any atom is 0.291 e. The van der Waals surface area contributed by atoms with Crippen LogP contribution in [0.5, 0.6) is 0 Å². The second kappa shape index (κ2) is 11.6. The number of halogens is 1. The van der Waals surface area contributed by atoms with Gasteiger partial charge in [-0.15, -0.1) is 0 Å². The van der Waals surface area contributed by atoms with Crippen LogP contribution in [0.4, 0.5) is 10.1 Å². The highest BCUT2D eigenvalue weighted by molar-refractivity contribution is 7.89. The summed E-state index contributed by atoms with van der Waals surface area (Å²) in [5.41, 5.74) is 0.414. The van der Waals surface area contributed by atoms with Crippen molar-refractivity contribution < 1.29 is 27.0 Å². The summed E-state index contributed by atoms with van der Waals surface area (Å²) in [6, 6.07) is 9.45. The first-order valence-electron chi connectivity index (χ1n) is 13.5. The van der Waals surface area contributed by atoms with Gasteiger partial charge in [0.05, 0.1) is 10.6 Å². The highest BCUT2D eigenvalue weighted by Crippen LogP contribution is 2.42. The first kappa shape index (κ1) is 29.3. The van der Waals surface area contributed by atoms with Gasteiger partial charge in [-0.2, -0.15) is 19.1 Å². The van der Waals surface area contributed by atoms with Crippen LogP contribution in [0.25, 0.3) is 16.9 Å². The van der Waals surface area contributed by atoms with E-state index in [2.05, 4.69) is 20.6 Å². The number of rotatable bonds is 11. The molecule has 0 spiro atoms. The van der Waals surface area contributed by atoms with E-state index in [-0.39, 0.29) is 48.2 Å².